The second-order valence-electron chi connectivity index (χ2n) is 6.71. The first kappa shape index (κ1) is 19.0. The largest absolute Gasteiger partial charge is 0.416 e. The summed E-state index contributed by atoms with van der Waals surface area (Å²) in [4.78, 5) is 31.1. The molecular formula is C20H17F3N4O2. The average Bonchev–Trinajstić information content (AvgIpc) is 3.06. The number of carbonyl (C=O) groups is 2. The van der Waals surface area contributed by atoms with Crippen molar-refractivity contribution in [3.05, 3.63) is 59.4 Å². The average molecular weight is 402 g/mol. The number of halogens is 3. The number of fused-ring (bicyclic) bond motifs is 3. The van der Waals surface area contributed by atoms with Gasteiger partial charge in [-0.2, -0.15) is 13.2 Å². The molecule has 9 heteroatoms. The Morgan fingerprint density at radius 2 is 1.97 bits per heavy atom. The Bertz CT molecular complexity index is 1120. The van der Waals surface area contributed by atoms with Crippen LogP contribution in [0.2, 0.25) is 0 Å². The lowest BCUT2D eigenvalue weighted by Crippen LogP contribution is -2.40. The van der Waals surface area contributed by atoms with E-state index >= 15 is 0 Å². The molecule has 0 atom stereocenters. The fourth-order valence-electron chi connectivity index (χ4n) is 3.40. The van der Waals surface area contributed by atoms with E-state index in [9.17, 15) is 22.8 Å². The molecule has 1 aliphatic rings. The third kappa shape index (κ3) is 3.43. The van der Waals surface area contributed by atoms with Gasteiger partial charge in [0.1, 0.15) is 0 Å². The van der Waals surface area contributed by atoms with Crippen molar-refractivity contribution in [2.45, 2.75) is 19.6 Å². The molecule has 29 heavy (non-hydrogen) atoms. The highest BCUT2D eigenvalue weighted by atomic mass is 19.4. The molecule has 2 amide bonds. The highest BCUT2D eigenvalue weighted by Gasteiger charge is 2.30. The zero-order valence-electron chi connectivity index (χ0n) is 15.5. The van der Waals surface area contributed by atoms with Gasteiger partial charge >= 0.3 is 6.18 Å². The number of nitrogens with one attached hydrogen (secondary N) is 1. The van der Waals surface area contributed by atoms with Gasteiger partial charge in [0.05, 0.1) is 16.6 Å². The van der Waals surface area contributed by atoms with E-state index < -0.39 is 17.6 Å². The van der Waals surface area contributed by atoms with Crippen molar-refractivity contribution in [1.29, 1.82) is 0 Å². The van der Waals surface area contributed by atoms with E-state index in [1.807, 2.05) is 11.5 Å². The maximum absolute atomic E-state index is 12.8. The third-order valence-corrected chi connectivity index (χ3v) is 4.91. The van der Waals surface area contributed by atoms with Crippen LogP contribution in [0.3, 0.4) is 0 Å². The van der Waals surface area contributed by atoms with Crippen molar-refractivity contribution in [1.82, 2.24) is 14.5 Å². The second kappa shape index (κ2) is 6.91. The van der Waals surface area contributed by atoms with E-state index in [0.717, 1.165) is 17.6 Å². The van der Waals surface area contributed by atoms with Crippen LogP contribution in [-0.2, 0) is 12.7 Å². The molecule has 3 aromatic rings. The van der Waals surface area contributed by atoms with Crippen LogP contribution in [-0.4, -0.2) is 39.4 Å². The number of anilines is 1. The van der Waals surface area contributed by atoms with Gasteiger partial charge in [-0.15, -0.1) is 0 Å². The summed E-state index contributed by atoms with van der Waals surface area (Å²) in [5.41, 5.74) is 0.669. The standard InChI is InChI=1S/C20H17F3N4O2/c1-2-26-8-9-27-16-7-6-12(10-15(16)25-17(27)19(26)29)18(28)24-14-5-3-4-13(11-14)20(21,22)23/h3-7,10-11H,2,8-9H2,1H3,(H,24,28). The lowest BCUT2D eigenvalue weighted by atomic mass is 10.1. The van der Waals surface area contributed by atoms with Gasteiger partial charge in [0.2, 0.25) is 0 Å². The smallest absolute Gasteiger partial charge is 0.334 e. The molecular weight excluding hydrogens is 385 g/mol. The van der Waals surface area contributed by atoms with Crippen LogP contribution < -0.4 is 5.32 Å². The molecule has 0 spiro atoms. The monoisotopic (exact) mass is 402 g/mol. The summed E-state index contributed by atoms with van der Waals surface area (Å²) in [6.45, 7) is 3.69. The molecule has 0 saturated heterocycles. The van der Waals surface area contributed by atoms with Gasteiger partial charge in [-0.1, -0.05) is 6.07 Å². The summed E-state index contributed by atoms with van der Waals surface area (Å²) in [6, 6.07) is 9.23. The zero-order chi connectivity index (χ0) is 20.8. The fourth-order valence-corrected chi connectivity index (χ4v) is 3.40. The first-order chi connectivity index (χ1) is 13.8. The van der Waals surface area contributed by atoms with Crippen molar-refractivity contribution in [3.63, 3.8) is 0 Å². The van der Waals surface area contributed by atoms with Crippen molar-refractivity contribution < 1.29 is 22.8 Å². The quantitative estimate of drug-likeness (QED) is 0.725. The number of carbonyl (C=O) groups excluding carboxylic acids is 2. The number of imidazole rings is 1. The topological polar surface area (TPSA) is 67.2 Å². The molecule has 2 heterocycles. The molecule has 1 aliphatic heterocycles. The number of rotatable bonds is 3. The molecule has 0 radical (unpaired) electrons. The lowest BCUT2D eigenvalue weighted by Gasteiger charge is -2.26. The number of likely N-dealkylation sites (N-methyl/N-ethyl adjacent to an activating group) is 1. The minimum Gasteiger partial charge on any atom is -0.334 e. The molecule has 0 aliphatic carbocycles. The summed E-state index contributed by atoms with van der Waals surface area (Å²) < 4.78 is 40.4. The molecule has 4 rings (SSSR count). The van der Waals surface area contributed by atoms with E-state index in [-0.39, 0.29) is 17.2 Å². The predicted octanol–water partition coefficient (Wildman–Crippen LogP) is 3.78. The number of nitrogens with zero attached hydrogens (tertiary/aromatic N) is 3. The van der Waals surface area contributed by atoms with Crippen LogP contribution in [0.15, 0.2) is 42.5 Å². The Morgan fingerprint density at radius 1 is 1.17 bits per heavy atom. The molecule has 1 N–H and O–H groups in total. The Morgan fingerprint density at radius 3 is 2.69 bits per heavy atom. The summed E-state index contributed by atoms with van der Waals surface area (Å²) in [6.07, 6.45) is -4.49. The summed E-state index contributed by atoms with van der Waals surface area (Å²) in [5.74, 6) is -0.396. The minimum absolute atomic E-state index is 0.0443. The molecule has 6 nitrogen and oxygen atoms in total. The van der Waals surface area contributed by atoms with Gasteiger partial charge in [0.15, 0.2) is 5.82 Å². The van der Waals surface area contributed by atoms with Crippen LogP contribution in [0.5, 0.6) is 0 Å². The second-order valence-corrected chi connectivity index (χ2v) is 6.71. The summed E-state index contributed by atoms with van der Waals surface area (Å²) >= 11 is 0. The molecule has 0 saturated carbocycles. The van der Waals surface area contributed by atoms with Gasteiger partial charge < -0.3 is 14.8 Å². The van der Waals surface area contributed by atoms with Crippen LogP contribution >= 0.6 is 0 Å². The third-order valence-electron chi connectivity index (χ3n) is 4.91. The number of amides is 2. The van der Waals surface area contributed by atoms with E-state index in [1.54, 1.807) is 17.0 Å². The van der Waals surface area contributed by atoms with Gasteiger partial charge in [0, 0.05) is 30.9 Å². The summed E-state index contributed by atoms with van der Waals surface area (Å²) in [7, 11) is 0. The van der Waals surface area contributed by atoms with Crippen molar-refractivity contribution in [2.75, 3.05) is 18.4 Å². The lowest BCUT2D eigenvalue weighted by molar-refractivity contribution is -0.137. The molecule has 0 unspecified atom stereocenters. The van der Waals surface area contributed by atoms with E-state index in [2.05, 4.69) is 10.3 Å². The Hall–Kier alpha value is -3.36. The van der Waals surface area contributed by atoms with Crippen molar-refractivity contribution in [3.8, 4) is 0 Å². The highest BCUT2D eigenvalue weighted by molar-refractivity contribution is 6.06. The maximum Gasteiger partial charge on any atom is 0.416 e. The van der Waals surface area contributed by atoms with Crippen LogP contribution in [0, 0.1) is 0 Å². The Balaban J connectivity index is 1.62. The highest BCUT2D eigenvalue weighted by Crippen LogP contribution is 2.31. The van der Waals surface area contributed by atoms with Crippen molar-refractivity contribution in [2.24, 2.45) is 0 Å². The molecule has 0 bridgehead atoms. The normalized spacial score (nSPS) is 14.2. The van der Waals surface area contributed by atoms with Crippen molar-refractivity contribution >= 4 is 28.5 Å². The number of hydrogen-bond acceptors (Lipinski definition) is 3. The van der Waals surface area contributed by atoms with Crippen LogP contribution in [0.4, 0.5) is 18.9 Å². The van der Waals surface area contributed by atoms with E-state index in [1.165, 1.54) is 18.2 Å². The molecule has 150 valence electrons. The zero-order valence-corrected chi connectivity index (χ0v) is 15.5. The van der Waals surface area contributed by atoms with Crippen LogP contribution in [0.25, 0.3) is 11.0 Å². The Kier molecular flexibility index (Phi) is 4.52. The molecule has 0 fully saturated rings. The Labute approximate surface area is 163 Å². The van der Waals surface area contributed by atoms with E-state index in [0.29, 0.717) is 31.0 Å². The first-order valence-electron chi connectivity index (χ1n) is 9.06. The van der Waals surface area contributed by atoms with Crippen LogP contribution in [0.1, 0.15) is 33.5 Å². The number of aromatic nitrogens is 2. The number of benzene rings is 2. The molecule has 2 aromatic carbocycles. The predicted molar refractivity (Wildman–Crippen MR) is 101 cm³/mol. The molecule has 1 aromatic heterocycles. The number of alkyl halides is 3. The van der Waals surface area contributed by atoms with E-state index in [4.69, 9.17) is 0 Å². The van der Waals surface area contributed by atoms with Gasteiger partial charge in [0.25, 0.3) is 11.8 Å². The minimum atomic E-state index is -4.49. The number of hydrogen-bond donors (Lipinski definition) is 1. The van der Waals surface area contributed by atoms with Gasteiger partial charge in [-0.3, -0.25) is 9.59 Å². The van der Waals surface area contributed by atoms with Gasteiger partial charge in [-0.25, -0.2) is 4.98 Å². The fraction of sp³-hybridized carbons (Fsp3) is 0.250. The first-order valence-corrected chi connectivity index (χ1v) is 9.06. The van der Waals surface area contributed by atoms with Gasteiger partial charge in [-0.05, 0) is 43.3 Å². The summed E-state index contributed by atoms with van der Waals surface area (Å²) in [5, 5.41) is 2.47. The maximum atomic E-state index is 12.8. The SMILES string of the molecule is CCN1CCn2c(nc3cc(C(=O)Nc4cccc(C(F)(F)F)c4)ccc32)C1=O.